The molecule has 0 fully saturated rings. The predicted octanol–water partition coefficient (Wildman–Crippen LogP) is 4.34. The molecule has 0 N–H and O–H groups in total. The largest absolute Gasteiger partial charge is 1.00 e. The van der Waals surface area contributed by atoms with Crippen LogP contribution >= 0.6 is 0 Å². The van der Waals surface area contributed by atoms with Crippen LogP contribution in [0.2, 0.25) is 0 Å². The lowest BCUT2D eigenvalue weighted by Crippen LogP contribution is -3.00. The second-order valence-electron chi connectivity index (χ2n) is 13.7. The molecule has 6 nitrogen and oxygen atoms in total. The average molecular weight is 736 g/mol. The van der Waals surface area contributed by atoms with Crippen molar-refractivity contribution in [3.8, 4) is 28.7 Å². The van der Waals surface area contributed by atoms with Gasteiger partial charge < -0.3 is 51.9 Å². The number of halogens is 1. The average Bonchev–Trinajstić information content (AvgIpc) is 3.04. The third-order valence-electron chi connectivity index (χ3n) is 10.3. The number of benzene rings is 4. The SMILES string of the molecule is COc1cc(CC2c3ccccc3CC[N+]2(C)C)c(Oc2cc(CC3c4ccccc4CC[N+]3(C)C)ccc2OC)cc1OC.[I-]. The molecule has 244 valence electrons. The topological polar surface area (TPSA) is 36.9 Å². The molecule has 2 unspecified atom stereocenters. The molecule has 4 aromatic carbocycles. The number of methoxy groups -OCH3 is 3. The molecule has 2 atom stereocenters. The minimum atomic E-state index is 0. The molecular formula is C39H48IN2O4+. The molecule has 0 spiro atoms. The van der Waals surface area contributed by atoms with Gasteiger partial charge >= 0.3 is 0 Å². The van der Waals surface area contributed by atoms with Crippen LogP contribution in [-0.2, 0) is 25.7 Å². The van der Waals surface area contributed by atoms with E-state index in [0.717, 1.165) is 59.1 Å². The van der Waals surface area contributed by atoms with E-state index in [2.05, 4.69) is 94.9 Å². The van der Waals surface area contributed by atoms with Gasteiger partial charge in [0.25, 0.3) is 0 Å². The highest BCUT2D eigenvalue weighted by molar-refractivity contribution is 5.54. The second kappa shape index (κ2) is 13.8. The Labute approximate surface area is 292 Å². The number of ether oxygens (including phenoxy) is 4. The van der Waals surface area contributed by atoms with Crippen molar-refractivity contribution in [1.82, 2.24) is 0 Å². The summed E-state index contributed by atoms with van der Waals surface area (Å²) < 4.78 is 26.1. The molecule has 0 bridgehead atoms. The number of likely N-dealkylation sites (N-methyl/N-ethyl adjacent to an activating group) is 2. The number of quaternary nitrogens is 2. The van der Waals surface area contributed by atoms with Crippen molar-refractivity contribution < 1.29 is 51.9 Å². The fourth-order valence-electron chi connectivity index (χ4n) is 7.40. The third kappa shape index (κ3) is 6.73. The highest BCUT2D eigenvalue weighted by Crippen LogP contribution is 2.44. The Morgan fingerprint density at radius 2 is 1.09 bits per heavy atom. The molecule has 0 saturated carbocycles. The second-order valence-corrected chi connectivity index (χ2v) is 13.7. The van der Waals surface area contributed by atoms with Crippen molar-refractivity contribution in [3.05, 3.63) is 112 Å². The van der Waals surface area contributed by atoms with E-state index < -0.39 is 0 Å². The van der Waals surface area contributed by atoms with Crippen molar-refractivity contribution in [1.29, 1.82) is 0 Å². The summed E-state index contributed by atoms with van der Waals surface area (Å²) >= 11 is 0. The van der Waals surface area contributed by atoms with Crippen LogP contribution in [0.4, 0.5) is 0 Å². The van der Waals surface area contributed by atoms with E-state index in [-0.39, 0.29) is 30.0 Å². The molecular weight excluding hydrogens is 687 g/mol. The summed E-state index contributed by atoms with van der Waals surface area (Å²) in [5, 5.41) is 0. The van der Waals surface area contributed by atoms with Gasteiger partial charge in [-0.15, -0.1) is 0 Å². The summed E-state index contributed by atoms with van der Waals surface area (Å²) in [5.74, 6) is 3.50. The van der Waals surface area contributed by atoms with Gasteiger partial charge in [0.05, 0.1) is 62.6 Å². The van der Waals surface area contributed by atoms with Gasteiger partial charge in [-0.1, -0.05) is 54.6 Å². The van der Waals surface area contributed by atoms with Crippen LogP contribution < -0.4 is 42.9 Å². The van der Waals surface area contributed by atoms with Crippen LogP contribution in [0.3, 0.4) is 0 Å². The van der Waals surface area contributed by atoms with E-state index in [1.807, 2.05) is 12.1 Å². The summed E-state index contributed by atoms with van der Waals surface area (Å²) in [5.41, 5.74) is 8.05. The van der Waals surface area contributed by atoms with Gasteiger partial charge in [-0.25, -0.2) is 0 Å². The van der Waals surface area contributed by atoms with Gasteiger partial charge in [-0.2, -0.15) is 0 Å². The van der Waals surface area contributed by atoms with Crippen LogP contribution in [0.15, 0.2) is 78.9 Å². The molecule has 46 heavy (non-hydrogen) atoms. The normalized spacial score (nSPS) is 19.2. The number of nitrogens with zero attached hydrogens (tertiary/aromatic N) is 2. The Kier molecular flexibility index (Phi) is 10.3. The minimum Gasteiger partial charge on any atom is -1.00 e. The van der Waals surface area contributed by atoms with Crippen LogP contribution in [0.5, 0.6) is 28.7 Å². The highest BCUT2D eigenvalue weighted by Gasteiger charge is 2.37. The van der Waals surface area contributed by atoms with Crippen molar-refractivity contribution in [3.63, 3.8) is 0 Å². The molecule has 0 amide bonds. The molecule has 2 aliphatic rings. The van der Waals surface area contributed by atoms with Crippen molar-refractivity contribution in [2.75, 3.05) is 62.6 Å². The van der Waals surface area contributed by atoms with Crippen molar-refractivity contribution in [2.24, 2.45) is 0 Å². The Bertz CT molecular complexity index is 1680. The smallest absolute Gasteiger partial charge is 0.169 e. The first-order valence-corrected chi connectivity index (χ1v) is 16.0. The minimum absolute atomic E-state index is 0. The molecule has 0 radical (unpaired) electrons. The van der Waals surface area contributed by atoms with Crippen LogP contribution in [-0.4, -0.2) is 71.6 Å². The Morgan fingerprint density at radius 3 is 1.65 bits per heavy atom. The van der Waals surface area contributed by atoms with E-state index in [1.165, 1.54) is 27.8 Å². The standard InChI is InChI=1S/C39H48N2O4.HI/c1-40(2)20-18-28-12-8-10-14-31(28)33(40)22-27-16-17-35(42-5)39(23-27)45-36-26-38(44-7)37(43-6)25-30(36)24-34-32-15-11-9-13-29(32)19-21-41(34,3)4;/h8-17,23,25-26,33-34H,18-22,24H2,1-7H3;1H/q+2;/p-1. The van der Waals surface area contributed by atoms with Gasteiger partial charge in [0.1, 0.15) is 17.8 Å². The molecule has 2 heterocycles. The third-order valence-corrected chi connectivity index (χ3v) is 10.3. The Morgan fingerprint density at radius 1 is 0.565 bits per heavy atom. The van der Waals surface area contributed by atoms with E-state index in [4.69, 9.17) is 18.9 Å². The number of hydrogen-bond donors (Lipinski definition) is 0. The van der Waals surface area contributed by atoms with Crippen LogP contribution in [0.1, 0.15) is 45.5 Å². The van der Waals surface area contributed by atoms with E-state index in [1.54, 1.807) is 21.3 Å². The first-order valence-electron chi connectivity index (χ1n) is 16.0. The molecule has 0 saturated heterocycles. The highest BCUT2D eigenvalue weighted by atomic mass is 127. The summed E-state index contributed by atoms with van der Waals surface area (Å²) in [4.78, 5) is 0. The quantitative estimate of drug-likeness (QED) is 0.190. The molecule has 6 rings (SSSR count). The number of rotatable bonds is 9. The molecule has 4 aromatic rings. The van der Waals surface area contributed by atoms with E-state index in [0.29, 0.717) is 29.0 Å². The van der Waals surface area contributed by atoms with E-state index >= 15 is 0 Å². The van der Waals surface area contributed by atoms with Crippen LogP contribution in [0.25, 0.3) is 0 Å². The lowest BCUT2D eigenvalue weighted by atomic mass is 9.87. The van der Waals surface area contributed by atoms with Gasteiger partial charge in [-0.05, 0) is 34.9 Å². The van der Waals surface area contributed by atoms with Gasteiger partial charge in [0.15, 0.2) is 23.0 Å². The lowest BCUT2D eigenvalue weighted by Gasteiger charge is -2.43. The zero-order valence-electron chi connectivity index (χ0n) is 28.3. The summed E-state index contributed by atoms with van der Waals surface area (Å²) in [7, 11) is 14.4. The monoisotopic (exact) mass is 735 g/mol. The maximum absolute atomic E-state index is 6.85. The van der Waals surface area contributed by atoms with Crippen molar-refractivity contribution in [2.45, 2.75) is 37.8 Å². The zero-order valence-corrected chi connectivity index (χ0v) is 30.5. The molecule has 0 aliphatic carbocycles. The fourth-order valence-corrected chi connectivity index (χ4v) is 7.40. The lowest BCUT2D eigenvalue weighted by molar-refractivity contribution is -0.923. The van der Waals surface area contributed by atoms with Gasteiger partial charge in [0, 0.05) is 48.4 Å². The summed E-state index contributed by atoms with van der Waals surface area (Å²) in [6.45, 7) is 2.20. The summed E-state index contributed by atoms with van der Waals surface area (Å²) in [6.07, 6.45) is 3.90. The summed E-state index contributed by atoms with van der Waals surface area (Å²) in [6, 6.07) is 28.8. The first-order chi connectivity index (χ1) is 21.6. The van der Waals surface area contributed by atoms with E-state index in [9.17, 15) is 0 Å². The zero-order chi connectivity index (χ0) is 31.8. The molecule has 7 heteroatoms. The van der Waals surface area contributed by atoms with Crippen LogP contribution in [0, 0.1) is 0 Å². The maximum Gasteiger partial charge on any atom is 0.169 e. The first kappa shape index (κ1) is 34.1. The van der Waals surface area contributed by atoms with Gasteiger partial charge in [-0.3, -0.25) is 0 Å². The molecule has 0 aromatic heterocycles. The molecule has 2 aliphatic heterocycles. The predicted molar refractivity (Wildman–Crippen MR) is 180 cm³/mol. The fraction of sp³-hybridized carbons (Fsp3) is 0.385. The Hall–Kier alpha value is -3.27. The number of hydrogen-bond acceptors (Lipinski definition) is 4. The Balaban J connectivity index is 0.00000417. The number of fused-ring (bicyclic) bond motifs is 2. The maximum atomic E-state index is 6.85. The van der Waals surface area contributed by atoms with Crippen molar-refractivity contribution >= 4 is 0 Å². The van der Waals surface area contributed by atoms with Gasteiger partial charge in [0.2, 0.25) is 0 Å².